The average Bonchev–Trinajstić information content (AvgIpc) is 2.99. The Morgan fingerprint density at radius 2 is 2.24 bits per heavy atom. The van der Waals surface area contributed by atoms with Gasteiger partial charge >= 0.3 is 0 Å². The highest BCUT2D eigenvalue weighted by Crippen LogP contribution is 2.38. The number of hydrogen-bond acceptors (Lipinski definition) is 3. The first-order valence-electron chi connectivity index (χ1n) is 6.48. The highest BCUT2D eigenvalue weighted by Gasteiger charge is 2.26. The standard InChI is InChI=1S/C14H19NO2/c1-2-12(11-5-6-15-8-11)10-3-4-13-14(7-10)17-9-16-13/h3-4,7,11-12,15H,2,5-6,8-9H2,1H3. The minimum Gasteiger partial charge on any atom is -0.454 e. The van der Waals surface area contributed by atoms with Crippen LogP contribution in [0.2, 0.25) is 0 Å². The summed E-state index contributed by atoms with van der Waals surface area (Å²) in [6, 6.07) is 6.40. The topological polar surface area (TPSA) is 30.5 Å². The Morgan fingerprint density at radius 3 is 3.00 bits per heavy atom. The van der Waals surface area contributed by atoms with Gasteiger partial charge in [-0.25, -0.2) is 0 Å². The number of fused-ring (bicyclic) bond motifs is 1. The molecule has 17 heavy (non-hydrogen) atoms. The molecule has 1 N–H and O–H groups in total. The van der Waals surface area contributed by atoms with Gasteiger partial charge in [-0.05, 0) is 55.5 Å². The molecule has 3 nitrogen and oxygen atoms in total. The average molecular weight is 233 g/mol. The van der Waals surface area contributed by atoms with Crippen LogP contribution in [-0.4, -0.2) is 19.9 Å². The van der Waals surface area contributed by atoms with E-state index in [2.05, 4.69) is 24.4 Å². The van der Waals surface area contributed by atoms with E-state index in [9.17, 15) is 0 Å². The van der Waals surface area contributed by atoms with Gasteiger partial charge in [0.05, 0.1) is 0 Å². The normalized spacial score (nSPS) is 23.9. The summed E-state index contributed by atoms with van der Waals surface area (Å²) in [6.07, 6.45) is 2.47. The van der Waals surface area contributed by atoms with Crippen molar-refractivity contribution in [3.8, 4) is 11.5 Å². The lowest BCUT2D eigenvalue weighted by Crippen LogP contribution is -2.16. The Hall–Kier alpha value is -1.22. The zero-order valence-corrected chi connectivity index (χ0v) is 10.2. The molecule has 1 aromatic carbocycles. The first kappa shape index (κ1) is 10.9. The first-order valence-corrected chi connectivity index (χ1v) is 6.48. The lowest BCUT2D eigenvalue weighted by molar-refractivity contribution is 0.174. The van der Waals surface area contributed by atoms with E-state index in [0.717, 1.165) is 30.5 Å². The molecule has 2 aliphatic heterocycles. The zero-order chi connectivity index (χ0) is 11.7. The van der Waals surface area contributed by atoms with Crippen LogP contribution >= 0.6 is 0 Å². The van der Waals surface area contributed by atoms with Gasteiger partial charge in [0.25, 0.3) is 0 Å². The fraction of sp³-hybridized carbons (Fsp3) is 0.571. The van der Waals surface area contributed by atoms with Crippen LogP contribution in [0.5, 0.6) is 11.5 Å². The molecule has 0 saturated carbocycles. The first-order chi connectivity index (χ1) is 8.38. The quantitative estimate of drug-likeness (QED) is 0.870. The van der Waals surface area contributed by atoms with Crippen LogP contribution in [0.1, 0.15) is 31.2 Å². The minimum absolute atomic E-state index is 0.362. The molecule has 2 unspecified atom stereocenters. The zero-order valence-electron chi connectivity index (χ0n) is 10.2. The maximum atomic E-state index is 5.46. The van der Waals surface area contributed by atoms with Crippen LogP contribution in [0.3, 0.4) is 0 Å². The molecule has 1 aromatic rings. The van der Waals surface area contributed by atoms with Gasteiger partial charge in [0.1, 0.15) is 0 Å². The van der Waals surface area contributed by atoms with Crippen molar-refractivity contribution in [2.45, 2.75) is 25.7 Å². The van der Waals surface area contributed by atoms with Crippen molar-refractivity contribution < 1.29 is 9.47 Å². The van der Waals surface area contributed by atoms with E-state index in [1.807, 2.05) is 6.07 Å². The second-order valence-electron chi connectivity index (χ2n) is 4.88. The van der Waals surface area contributed by atoms with Gasteiger partial charge in [-0.2, -0.15) is 0 Å². The molecular formula is C14H19NO2. The number of benzene rings is 1. The smallest absolute Gasteiger partial charge is 0.231 e. The van der Waals surface area contributed by atoms with Crippen LogP contribution < -0.4 is 14.8 Å². The summed E-state index contributed by atoms with van der Waals surface area (Å²) in [5.74, 6) is 3.19. The highest BCUT2D eigenvalue weighted by molar-refractivity contribution is 5.45. The lowest BCUT2D eigenvalue weighted by atomic mass is 9.83. The van der Waals surface area contributed by atoms with Crippen LogP contribution in [0.25, 0.3) is 0 Å². The summed E-state index contributed by atoms with van der Waals surface area (Å²) in [5, 5.41) is 3.45. The summed E-state index contributed by atoms with van der Waals surface area (Å²) in [6.45, 7) is 4.94. The third kappa shape index (κ3) is 2.00. The molecule has 92 valence electrons. The van der Waals surface area contributed by atoms with Crippen molar-refractivity contribution in [1.82, 2.24) is 5.32 Å². The Kier molecular flexibility index (Phi) is 2.93. The van der Waals surface area contributed by atoms with Crippen molar-refractivity contribution in [3.05, 3.63) is 23.8 Å². The van der Waals surface area contributed by atoms with Gasteiger partial charge in [-0.15, -0.1) is 0 Å². The molecule has 0 spiro atoms. The van der Waals surface area contributed by atoms with Gasteiger partial charge in [-0.1, -0.05) is 13.0 Å². The van der Waals surface area contributed by atoms with Crippen LogP contribution in [0, 0.1) is 5.92 Å². The number of rotatable bonds is 3. The van der Waals surface area contributed by atoms with E-state index in [4.69, 9.17) is 9.47 Å². The molecule has 0 bridgehead atoms. The highest BCUT2D eigenvalue weighted by atomic mass is 16.7. The number of hydrogen-bond donors (Lipinski definition) is 1. The van der Waals surface area contributed by atoms with Gasteiger partial charge in [0, 0.05) is 0 Å². The second kappa shape index (κ2) is 4.57. The monoisotopic (exact) mass is 233 g/mol. The minimum atomic E-state index is 0.362. The fourth-order valence-electron chi connectivity index (χ4n) is 3.01. The number of nitrogens with one attached hydrogen (secondary N) is 1. The predicted octanol–water partition coefficient (Wildman–Crippen LogP) is 2.52. The summed E-state index contributed by atoms with van der Waals surface area (Å²) in [5.41, 5.74) is 1.39. The van der Waals surface area contributed by atoms with Gasteiger partial charge in [0.2, 0.25) is 6.79 Å². The molecule has 2 heterocycles. The third-order valence-corrected chi connectivity index (χ3v) is 3.93. The predicted molar refractivity (Wildman–Crippen MR) is 66.6 cm³/mol. The summed E-state index contributed by atoms with van der Waals surface area (Å²) >= 11 is 0. The van der Waals surface area contributed by atoms with Crippen molar-refractivity contribution in [2.24, 2.45) is 5.92 Å². The lowest BCUT2D eigenvalue weighted by Gasteiger charge is -2.22. The summed E-state index contributed by atoms with van der Waals surface area (Å²) in [7, 11) is 0. The molecule has 3 heteroatoms. The van der Waals surface area contributed by atoms with Crippen molar-refractivity contribution in [1.29, 1.82) is 0 Å². The van der Waals surface area contributed by atoms with Crippen molar-refractivity contribution >= 4 is 0 Å². The van der Waals surface area contributed by atoms with Crippen LogP contribution in [-0.2, 0) is 0 Å². The molecule has 0 aromatic heterocycles. The maximum absolute atomic E-state index is 5.46. The van der Waals surface area contributed by atoms with Gasteiger partial charge < -0.3 is 14.8 Å². The summed E-state index contributed by atoms with van der Waals surface area (Å²) in [4.78, 5) is 0. The van der Waals surface area contributed by atoms with Crippen LogP contribution in [0.4, 0.5) is 0 Å². The molecule has 1 saturated heterocycles. The molecule has 0 amide bonds. The number of ether oxygens (including phenoxy) is 2. The van der Waals surface area contributed by atoms with Crippen LogP contribution in [0.15, 0.2) is 18.2 Å². The Bertz CT molecular complexity index is 399. The Morgan fingerprint density at radius 1 is 1.35 bits per heavy atom. The SMILES string of the molecule is CCC(c1ccc2c(c1)OCO2)C1CCNC1. The van der Waals surface area contributed by atoms with Gasteiger partial charge in [-0.3, -0.25) is 0 Å². The van der Waals surface area contributed by atoms with Crippen molar-refractivity contribution in [3.63, 3.8) is 0 Å². The van der Waals surface area contributed by atoms with E-state index in [0.29, 0.717) is 12.7 Å². The second-order valence-corrected chi connectivity index (χ2v) is 4.88. The molecule has 2 aliphatic rings. The maximum Gasteiger partial charge on any atom is 0.231 e. The van der Waals surface area contributed by atoms with E-state index >= 15 is 0 Å². The molecule has 0 aliphatic carbocycles. The Balaban J connectivity index is 1.85. The van der Waals surface area contributed by atoms with E-state index in [-0.39, 0.29) is 0 Å². The summed E-state index contributed by atoms with van der Waals surface area (Å²) < 4.78 is 10.8. The molecule has 0 radical (unpaired) electrons. The molecule has 3 rings (SSSR count). The van der Waals surface area contributed by atoms with E-state index in [1.54, 1.807) is 0 Å². The van der Waals surface area contributed by atoms with Crippen molar-refractivity contribution in [2.75, 3.05) is 19.9 Å². The van der Waals surface area contributed by atoms with E-state index < -0.39 is 0 Å². The third-order valence-electron chi connectivity index (χ3n) is 3.93. The Labute approximate surface area is 102 Å². The fourth-order valence-corrected chi connectivity index (χ4v) is 3.01. The molecule has 2 atom stereocenters. The molecule has 1 fully saturated rings. The van der Waals surface area contributed by atoms with E-state index in [1.165, 1.54) is 18.4 Å². The molecular weight excluding hydrogens is 214 g/mol. The largest absolute Gasteiger partial charge is 0.454 e. The van der Waals surface area contributed by atoms with Gasteiger partial charge in [0.15, 0.2) is 11.5 Å².